The van der Waals surface area contributed by atoms with E-state index in [-0.39, 0.29) is 10.6 Å². The van der Waals surface area contributed by atoms with Crippen LogP contribution in [0.5, 0.6) is 0 Å². The van der Waals surface area contributed by atoms with Crippen LogP contribution in [0, 0.1) is 0 Å². The van der Waals surface area contributed by atoms with Gasteiger partial charge in [0.1, 0.15) is 6.04 Å². The summed E-state index contributed by atoms with van der Waals surface area (Å²) in [5.74, 6) is -0.960. The second-order valence-electron chi connectivity index (χ2n) is 4.72. The van der Waals surface area contributed by atoms with E-state index in [0.717, 1.165) is 11.1 Å². The Bertz CT molecular complexity index is 762. The van der Waals surface area contributed by atoms with E-state index in [9.17, 15) is 13.2 Å². The van der Waals surface area contributed by atoms with Gasteiger partial charge < -0.3 is 0 Å². The summed E-state index contributed by atoms with van der Waals surface area (Å²) in [6, 6.07) is 14.6. The van der Waals surface area contributed by atoms with Gasteiger partial charge in [0.2, 0.25) is 10.0 Å². The van der Waals surface area contributed by atoms with Crippen LogP contribution in [0.3, 0.4) is 0 Å². The average molecular weight is 352 g/mol. The van der Waals surface area contributed by atoms with Gasteiger partial charge in [0.15, 0.2) is 0 Å². The molecule has 2 aromatic carbocycles. The first-order chi connectivity index (χ1) is 11.0. The summed E-state index contributed by atoms with van der Waals surface area (Å²) >= 11 is 3.90. The topological polar surface area (TPSA) is 95.5 Å². The Morgan fingerprint density at radius 1 is 1.04 bits per heavy atom. The Hall–Kier alpha value is -1.87. The van der Waals surface area contributed by atoms with Gasteiger partial charge in [-0.3, -0.25) is 10.0 Å². The molecule has 3 N–H and O–H groups in total. The van der Waals surface area contributed by atoms with Crippen LogP contribution in [0.15, 0.2) is 59.5 Å². The normalized spacial score (nSPS) is 12.6. The van der Waals surface area contributed by atoms with E-state index >= 15 is 0 Å². The summed E-state index contributed by atoms with van der Waals surface area (Å²) in [6.45, 7) is 0. The van der Waals surface area contributed by atoms with Gasteiger partial charge in [-0.2, -0.15) is 17.4 Å². The molecule has 23 heavy (non-hydrogen) atoms. The van der Waals surface area contributed by atoms with Crippen LogP contribution in [0.25, 0.3) is 11.1 Å². The van der Waals surface area contributed by atoms with Crippen LogP contribution in [-0.4, -0.2) is 31.3 Å². The minimum Gasteiger partial charge on any atom is -0.289 e. The molecule has 0 aliphatic rings. The molecule has 0 saturated carbocycles. The number of nitrogens with one attached hydrogen (secondary N) is 2. The maximum atomic E-state index is 12.3. The molecule has 8 heteroatoms. The number of carbonyl (C=O) groups is 1. The van der Waals surface area contributed by atoms with Crippen molar-refractivity contribution in [1.29, 1.82) is 0 Å². The number of hydrogen-bond donors (Lipinski definition) is 4. The Balaban J connectivity index is 2.22. The van der Waals surface area contributed by atoms with E-state index in [1.165, 1.54) is 17.6 Å². The van der Waals surface area contributed by atoms with Crippen LogP contribution in [0.2, 0.25) is 0 Å². The van der Waals surface area contributed by atoms with Gasteiger partial charge in [-0.25, -0.2) is 13.9 Å². The van der Waals surface area contributed by atoms with Crippen molar-refractivity contribution in [3.63, 3.8) is 0 Å². The largest absolute Gasteiger partial charge is 0.289 e. The molecule has 122 valence electrons. The van der Waals surface area contributed by atoms with Gasteiger partial charge in [-0.05, 0) is 23.3 Å². The van der Waals surface area contributed by atoms with Gasteiger partial charge in [-0.1, -0.05) is 42.5 Å². The molecule has 6 nitrogen and oxygen atoms in total. The summed E-state index contributed by atoms with van der Waals surface area (Å²) in [7, 11) is -3.90. The molecule has 2 aromatic rings. The molecule has 0 saturated heterocycles. The zero-order valence-corrected chi connectivity index (χ0v) is 13.7. The predicted octanol–water partition coefficient (Wildman–Crippen LogP) is 1.44. The molecule has 0 radical (unpaired) electrons. The van der Waals surface area contributed by atoms with Crippen molar-refractivity contribution in [3.8, 4) is 11.1 Å². The molecule has 1 atom stereocenters. The molecule has 0 aromatic heterocycles. The van der Waals surface area contributed by atoms with E-state index in [1.54, 1.807) is 12.1 Å². The molecule has 0 fully saturated rings. The molecule has 0 aliphatic carbocycles. The lowest BCUT2D eigenvalue weighted by atomic mass is 10.1. The van der Waals surface area contributed by atoms with Crippen molar-refractivity contribution in [3.05, 3.63) is 54.6 Å². The van der Waals surface area contributed by atoms with Gasteiger partial charge in [0.05, 0.1) is 4.90 Å². The number of thiol groups is 1. The van der Waals surface area contributed by atoms with Crippen molar-refractivity contribution in [2.75, 3.05) is 5.75 Å². The monoisotopic (exact) mass is 352 g/mol. The zero-order chi connectivity index (χ0) is 16.9. The lowest BCUT2D eigenvalue weighted by molar-refractivity contribution is -0.130. The highest BCUT2D eigenvalue weighted by Crippen LogP contribution is 2.21. The second kappa shape index (κ2) is 7.60. The van der Waals surface area contributed by atoms with E-state index in [2.05, 4.69) is 17.4 Å². The number of sulfonamides is 1. The summed E-state index contributed by atoms with van der Waals surface area (Å²) < 4.78 is 26.7. The number of benzene rings is 2. The fourth-order valence-corrected chi connectivity index (χ4v) is 3.54. The van der Waals surface area contributed by atoms with Gasteiger partial charge in [0.25, 0.3) is 5.91 Å². The van der Waals surface area contributed by atoms with Crippen molar-refractivity contribution in [2.24, 2.45) is 0 Å². The first-order valence-electron chi connectivity index (χ1n) is 6.70. The van der Waals surface area contributed by atoms with Crippen molar-refractivity contribution in [2.45, 2.75) is 10.9 Å². The van der Waals surface area contributed by atoms with E-state index in [1.807, 2.05) is 30.3 Å². The maximum Gasteiger partial charge on any atom is 0.262 e. The molecular formula is C15H16N2O4S2. The predicted molar refractivity (Wildman–Crippen MR) is 89.8 cm³/mol. The Kier molecular flexibility index (Phi) is 5.78. The average Bonchev–Trinajstić information content (AvgIpc) is 2.60. The smallest absolute Gasteiger partial charge is 0.262 e. The fourth-order valence-electron chi connectivity index (χ4n) is 1.96. The highest BCUT2D eigenvalue weighted by molar-refractivity contribution is 7.89. The van der Waals surface area contributed by atoms with E-state index in [0.29, 0.717) is 0 Å². The molecular weight excluding hydrogens is 336 g/mol. The van der Waals surface area contributed by atoms with Crippen molar-refractivity contribution < 1.29 is 18.4 Å². The zero-order valence-electron chi connectivity index (χ0n) is 12.0. The minimum atomic E-state index is -3.90. The highest BCUT2D eigenvalue weighted by atomic mass is 32.2. The number of amides is 1. The number of rotatable bonds is 6. The van der Waals surface area contributed by atoms with E-state index < -0.39 is 22.0 Å². The third kappa shape index (κ3) is 4.32. The molecule has 0 bridgehead atoms. The summed E-state index contributed by atoms with van der Waals surface area (Å²) in [5.41, 5.74) is 3.25. The molecule has 0 spiro atoms. The summed E-state index contributed by atoms with van der Waals surface area (Å²) in [6.07, 6.45) is 0. The Morgan fingerprint density at radius 2 is 1.61 bits per heavy atom. The van der Waals surface area contributed by atoms with Gasteiger partial charge >= 0.3 is 0 Å². The van der Waals surface area contributed by atoms with Crippen LogP contribution in [-0.2, 0) is 14.8 Å². The van der Waals surface area contributed by atoms with Crippen molar-refractivity contribution in [1.82, 2.24) is 10.2 Å². The summed E-state index contributed by atoms with van der Waals surface area (Å²) in [4.78, 5) is 11.4. The molecule has 0 unspecified atom stereocenters. The second-order valence-corrected chi connectivity index (χ2v) is 6.80. The standard InChI is InChI=1S/C15H16N2O4S2/c18-15(16-19)14(10-22)17-23(20,21)13-8-6-12(7-9-13)11-4-2-1-3-5-11/h1-9,14,17,19,22H,10H2,(H,16,18)/t14-/m0/s1. The van der Waals surface area contributed by atoms with E-state index in [4.69, 9.17) is 5.21 Å². The minimum absolute atomic E-state index is 0.0229. The van der Waals surface area contributed by atoms with Crippen LogP contribution < -0.4 is 10.2 Å². The van der Waals surface area contributed by atoms with Crippen molar-refractivity contribution >= 4 is 28.6 Å². The molecule has 0 heterocycles. The lowest BCUT2D eigenvalue weighted by Crippen LogP contribution is -2.46. The SMILES string of the molecule is O=C(NO)[C@H](CS)NS(=O)(=O)c1ccc(-c2ccccc2)cc1. The van der Waals surface area contributed by atoms with Crippen LogP contribution in [0.4, 0.5) is 0 Å². The first kappa shape index (κ1) is 17.5. The number of hydrogen-bond acceptors (Lipinski definition) is 5. The van der Waals surface area contributed by atoms with Crippen LogP contribution >= 0.6 is 12.6 Å². The van der Waals surface area contributed by atoms with Gasteiger partial charge in [-0.15, -0.1) is 0 Å². The molecule has 2 rings (SSSR count). The molecule has 1 amide bonds. The van der Waals surface area contributed by atoms with Gasteiger partial charge in [0, 0.05) is 5.75 Å². The first-order valence-corrected chi connectivity index (χ1v) is 8.82. The van der Waals surface area contributed by atoms with Crippen LogP contribution in [0.1, 0.15) is 0 Å². The number of hydroxylamine groups is 1. The quantitative estimate of drug-likeness (QED) is 0.359. The Labute approximate surface area is 140 Å². The summed E-state index contributed by atoms with van der Waals surface area (Å²) in [5, 5.41) is 8.60. The third-order valence-electron chi connectivity index (χ3n) is 3.18. The third-order valence-corrected chi connectivity index (χ3v) is 5.03. The maximum absolute atomic E-state index is 12.3. The Morgan fingerprint density at radius 3 is 2.13 bits per heavy atom. The molecule has 0 aliphatic heterocycles. The fraction of sp³-hybridized carbons (Fsp3) is 0.133. The lowest BCUT2D eigenvalue weighted by Gasteiger charge is -2.14. The number of carbonyl (C=O) groups excluding carboxylic acids is 1. The highest BCUT2D eigenvalue weighted by Gasteiger charge is 2.24.